The molecule has 0 bridgehead atoms. The zero-order chi connectivity index (χ0) is 13.3. The van der Waals surface area contributed by atoms with E-state index in [0.29, 0.717) is 5.41 Å². The van der Waals surface area contributed by atoms with Gasteiger partial charge in [0.15, 0.2) is 0 Å². The average molecular weight is 337 g/mol. The van der Waals surface area contributed by atoms with Gasteiger partial charge in [0.2, 0.25) is 0 Å². The van der Waals surface area contributed by atoms with E-state index in [-0.39, 0.29) is 0 Å². The van der Waals surface area contributed by atoms with Crippen molar-refractivity contribution in [3.63, 3.8) is 0 Å². The van der Waals surface area contributed by atoms with Crippen LogP contribution in [0.15, 0.2) is 34.1 Å². The van der Waals surface area contributed by atoms with Crippen molar-refractivity contribution < 1.29 is 0 Å². The Hall–Kier alpha value is -0.710. The van der Waals surface area contributed by atoms with Crippen molar-refractivity contribution in [3.8, 4) is 11.3 Å². The maximum atomic E-state index is 4.81. The molecule has 100 valence electrons. The highest BCUT2D eigenvalue weighted by atomic mass is 79.9. The maximum Gasteiger partial charge on any atom is 0.0938 e. The van der Waals surface area contributed by atoms with Gasteiger partial charge in [0.25, 0.3) is 0 Å². The highest BCUT2D eigenvalue weighted by Gasteiger charge is 2.42. The van der Waals surface area contributed by atoms with Gasteiger partial charge in [0.1, 0.15) is 0 Å². The Balaban J connectivity index is 1.79. The van der Waals surface area contributed by atoms with Crippen LogP contribution >= 0.6 is 27.3 Å². The molecule has 4 heteroatoms. The van der Waals surface area contributed by atoms with E-state index in [9.17, 15) is 0 Å². The molecule has 3 rings (SSSR count). The fraction of sp³-hybridized carbons (Fsp3) is 0.400. The first-order valence-corrected chi connectivity index (χ1v) is 8.24. The van der Waals surface area contributed by atoms with Crippen molar-refractivity contribution in [3.05, 3.63) is 39.1 Å². The molecule has 1 saturated carbocycles. The molecule has 1 fully saturated rings. The van der Waals surface area contributed by atoms with E-state index in [1.54, 1.807) is 11.3 Å². The van der Waals surface area contributed by atoms with Crippen LogP contribution in [0.3, 0.4) is 0 Å². The van der Waals surface area contributed by atoms with Crippen LogP contribution in [0.2, 0.25) is 0 Å². The Kier molecular flexibility index (Phi) is 3.74. The number of rotatable bonds is 5. The summed E-state index contributed by atoms with van der Waals surface area (Å²) in [5, 5.41) is 6.74. The Morgan fingerprint density at radius 2 is 2.16 bits per heavy atom. The highest BCUT2D eigenvalue weighted by Crippen LogP contribution is 2.48. The Labute approximate surface area is 126 Å². The standard InChI is InChI=1S/C15H17BrN2S/c1-17-10-15(6-7-15)8-14-18-13(9-19-14)11-4-2-3-5-12(11)16/h2-5,9,17H,6-8,10H2,1H3. The quantitative estimate of drug-likeness (QED) is 0.888. The zero-order valence-corrected chi connectivity index (χ0v) is 13.4. The number of hydrogen-bond donors (Lipinski definition) is 1. The molecule has 1 heterocycles. The summed E-state index contributed by atoms with van der Waals surface area (Å²) < 4.78 is 1.11. The zero-order valence-electron chi connectivity index (χ0n) is 10.9. The second-order valence-corrected chi connectivity index (χ2v) is 7.11. The van der Waals surface area contributed by atoms with Crippen LogP contribution in [0.1, 0.15) is 17.8 Å². The molecular formula is C15H17BrN2S. The molecule has 1 aromatic heterocycles. The van der Waals surface area contributed by atoms with Crippen LogP contribution in [0.25, 0.3) is 11.3 Å². The van der Waals surface area contributed by atoms with E-state index < -0.39 is 0 Å². The monoisotopic (exact) mass is 336 g/mol. The lowest BCUT2D eigenvalue weighted by Crippen LogP contribution is -2.21. The second kappa shape index (κ2) is 5.35. The summed E-state index contributed by atoms with van der Waals surface area (Å²) in [6.07, 6.45) is 3.78. The lowest BCUT2D eigenvalue weighted by atomic mass is 10.0. The van der Waals surface area contributed by atoms with E-state index in [2.05, 4.69) is 44.8 Å². The van der Waals surface area contributed by atoms with Crippen LogP contribution < -0.4 is 5.32 Å². The Morgan fingerprint density at radius 1 is 1.37 bits per heavy atom. The number of thiazole rings is 1. The van der Waals surface area contributed by atoms with Crippen molar-refractivity contribution in [2.75, 3.05) is 13.6 Å². The topological polar surface area (TPSA) is 24.9 Å². The number of aromatic nitrogens is 1. The van der Waals surface area contributed by atoms with Gasteiger partial charge in [-0.05, 0) is 31.4 Å². The molecule has 2 aromatic rings. The van der Waals surface area contributed by atoms with E-state index in [1.807, 2.05) is 13.1 Å². The molecule has 0 amide bonds. The molecule has 1 aliphatic rings. The van der Waals surface area contributed by atoms with Gasteiger partial charge in [-0.1, -0.05) is 34.1 Å². The van der Waals surface area contributed by atoms with E-state index in [1.165, 1.54) is 23.4 Å². The summed E-state index contributed by atoms with van der Waals surface area (Å²) in [5.41, 5.74) is 2.76. The molecule has 0 aliphatic heterocycles. The van der Waals surface area contributed by atoms with Crippen molar-refractivity contribution >= 4 is 27.3 Å². The van der Waals surface area contributed by atoms with Crippen LogP contribution in [-0.4, -0.2) is 18.6 Å². The number of nitrogens with zero attached hydrogens (tertiary/aromatic N) is 1. The van der Waals surface area contributed by atoms with Crippen molar-refractivity contribution in [1.29, 1.82) is 0 Å². The van der Waals surface area contributed by atoms with Crippen LogP contribution in [-0.2, 0) is 6.42 Å². The van der Waals surface area contributed by atoms with Crippen LogP contribution in [0.5, 0.6) is 0 Å². The van der Waals surface area contributed by atoms with Crippen LogP contribution in [0, 0.1) is 5.41 Å². The maximum absolute atomic E-state index is 4.81. The van der Waals surface area contributed by atoms with Gasteiger partial charge in [0, 0.05) is 28.4 Å². The number of halogens is 1. The number of nitrogens with one attached hydrogen (secondary N) is 1. The molecule has 0 saturated heterocycles. The summed E-state index contributed by atoms with van der Waals surface area (Å²) in [5.74, 6) is 0. The highest BCUT2D eigenvalue weighted by molar-refractivity contribution is 9.10. The lowest BCUT2D eigenvalue weighted by molar-refractivity contribution is 0.477. The third-order valence-corrected chi connectivity index (χ3v) is 5.28. The first kappa shape index (κ1) is 13.3. The fourth-order valence-corrected chi connectivity index (χ4v) is 3.93. The smallest absolute Gasteiger partial charge is 0.0938 e. The number of benzene rings is 1. The summed E-state index contributed by atoms with van der Waals surface area (Å²) in [6, 6.07) is 8.27. The predicted molar refractivity (Wildman–Crippen MR) is 84.5 cm³/mol. The summed E-state index contributed by atoms with van der Waals surface area (Å²) in [4.78, 5) is 4.81. The van der Waals surface area contributed by atoms with E-state index in [4.69, 9.17) is 4.98 Å². The largest absolute Gasteiger partial charge is 0.319 e. The third kappa shape index (κ3) is 2.91. The second-order valence-electron chi connectivity index (χ2n) is 5.31. The van der Waals surface area contributed by atoms with Gasteiger partial charge in [-0.3, -0.25) is 0 Å². The van der Waals surface area contributed by atoms with Gasteiger partial charge in [-0.2, -0.15) is 0 Å². The minimum Gasteiger partial charge on any atom is -0.319 e. The summed E-state index contributed by atoms with van der Waals surface area (Å²) >= 11 is 5.38. The summed E-state index contributed by atoms with van der Waals surface area (Å²) in [6.45, 7) is 1.11. The number of hydrogen-bond acceptors (Lipinski definition) is 3. The van der Waals surface area contributed by atoms with E-state index >= 15 is 0 Å². The van der Waals surface area contributed by atoms with Crippen LogP contribution in [0.4, 0.5) is 0 Å². The molecule has 1 N–H and O–H groups in total. The molecule has 1 aliphatic carbocycles. The van der Waals surface area contributed by atoms with Gasteiger partial charge in [0.05, 0.1) is 10.7 Å². The lowest BCUT2D eigenvalue weighted by Gasteiger charge is -2.11. The average Bonchev–Trinajstić information content (AvgIpc) is 2.99. The Morgan fingerprint density at radius 3 is 2.84 bits per heavy atom. The molecule has 0 unspecified atom stereocenters. The Bertz CT molecular complexity index is 575. The van der Waals surface area contributed by atoms with Gasteiger partial charge >= 0.3 is 0 Å². The van der Waals surface area contributed by atoms with E-state index in [0.717, 1.165) is 23.1 Å². The first-order chi connectivity index (χ1) is 9.22. The molecular weight excluding hydrogens is 320 g/mol. The van der Waals surface area contributed by atoms with Gasteiger partial charge < -0.3 is 5.32 Å². The van der Waals surface area contributed by atoms with Gasteiger partial charge in [-0.25, -0.2) is 4.98 Å². The minimum absolute atomic E-state index is 0.484. The SMILES string of the molecule is CNCC1(Cc2nc(-c3ccccc3Br)cs2)CC1. The minimum atomic E-state index is 0.484. The molecule has 0 radical (unpaired) electrons. The molecule has 2 nitrogen and oxygen atoms in total. The molecule has 1 aromatic carbocycles. The molecule has 19 heavy (non-hydrogen) atoms. The molecule has 0 atom stereocenters. The van der Waals surface area contributed by atoms with Gasteiger partial charge in [-0.15, -0.1) is 11.3 Å². The first-order valence-electron chi connectivity index (χ1n) is 6.56. The van der Waals surface area contributed by atoms with Crippen molar-refractivity contribution in [2.45, 2.75) is 19.3 Å². The predicted octanol–water partition coefficient (Wildman–Crippen LogP) is 4.11. The third-order valence-electron chi connectivity index (χ3n) is 3.74. The molecule has 0 spiro atoms. The van der Waals surface area contributed by atoms with Crippen molar-refractivity contribution in [2.24, 2.45) is 5.41 Å². The normalized spacial score (nSPS) is 16.5. The van der Waals surface area contributed by atoms with Crippen molar-refractivity contribution in [1.82, 2.24) is 10.3 Å². The fourth-order valence-electron chi connectivity index (χ4n) is 2.47. The summed E-state index contributed by atoms with van der Waals surface area (Å²) in [7, 11) is 2.04.